The van der Waals surface area contributed by atoms with E-state index < -0.39 is 0 Å². The average molecular weight is 534 g/mol. The van der Waals surface area contributed by atoms with E-state index in [1.165, 1.54) is 49.8 Å². The number of rotatable bonds is 15. The van der Waals surface area contributed by atoms with Crippen molar-refractivity contribution < 1.29 is 23.7 Å². The molecule has 1 unspecified atom stereocenters. The zero-order valence-electron chi connectivity index (χ0n) is 22.9. The van der Waals surface area contributed by atoms with Gasteiger partial charge in [-0.3, -0.25) is 0 Å². The Morgan fingerprint density at radius 2 is 1.59 bits per heavy atom. The number of esters is 1. The van der Waals surface area contributed by atoms with Gasteiger partial charge in [-0.2, -0.15) is 0 Å². The van der Waals surface area contributed by atoms with Crippen LogP contribution in [-0.4, -0.2) is 57.9 Å². The predicted octanol–water partition coefficient (Wildman–Crippen LogP) is 6.51. The third-order valence-electron chi connectivity index (χ3n) is 7.23. The normalized spacial score (nSPS) is 14.5. The number of likely N-dealkylation sites (N-methyl/N-ethyl adjacent to an activating group) is 1. The Hall–Kier alpha value is -2.44. The van der Waals surface area contributed by atoms with Crippen molar-refractivity contribution in [3.63, 3.8) is 0 Å². The summed E-state index contributed by atoms with van der Waals surface area (Å²) < 4.78 is 21.3. The summed E-state index contributed by atoms with van der Waals surface area (Å²) in [7, 11) is 4.87. The highest BCUT2D eigenvalue weighted by atomic mass is 35.5. The zero-order valence-corrected chi connectivity index (χ0v) is 23.7. The smallest absolute Gasteiger partial charge is 0.338 e. The molecule has 37 heavy (non-hydrogen) atoms. The maximum absolute atomic E-state index is 12.3. The molecule has 206 valence electrons. The molecule has 0 spiro atoms. The van der Waals surface area contributed by atoms with Crippen molar-refractivity contribution in [3.05, 3.63) is 53.1 Å². The minimum absolute atomic E-state index is 0. The fraction of sp³-hybridized carbons (Fsp3) is 0.567. The van der Waals surface area contributed by atoms with Gasteiger partial charge in [-0.25, -0.2) is 4.79 Å². The number of fused-ring (bicyclic) bond motifs is 1. The van der Waals surface area contributed by atoms with E-state index in [0.29, 0.717) is 29.7 Å². The van der Waals surface area contributed by atoms with Crippen LogP contribution in [0.25, 0.3) is 0 Å². The Balaban J connectivity index is 0.00000481. The fourth-order valence-electron chi connectivity index (χ4n) is 5.09. The first kappa shape index (κ1) is 30.8. The average Bonchev–Trinajstić information content (AvgIpc) is 2.93. The molecule has 0 amide bonds. The van der Waals surface area contributed by atoms with Crippen LogP contribution in [0, 0.1) is 0 Å². The van der Waals surface area contributed by atoms with Gasteiger partial charge >= 0.3 is 5.97 Å². The van der Waals surface area contributed by atoms with Gasteiger partial charge in [0.15, 0.2) is 11.5 Å². The second-order valence-corrected chi connectivity index (χ2v) is 9.49. The lowest BCUT2D eigenvalue weighted by Gasteiger charge is -2.34. The maximum Gasteiger partial charge on any atom is 0.338 e. The number of halogens is 1. The van der Waals surface area contributed by atoms with Gasteiger partial charge in [0.1, 0.15) is 5.75 Å². The number of unbranched alkanes of at least 4 members (excludes halogenated alkanes) is 5. The van der Waals surface area contributed by atoms with Crippen LogP contribution in [-0.2, 0) is 17.6 Å². The van der Waals surface area contributed by atoms with Crippen molar-refractivity contribution in [3.8, 4) is 17.2 Å². The molecule has 1 aliphatic rings. The second-order valence-electron chi connectivity index (χ2n) is 9.49. The zero-order chi connectivity index (χ0) is 25.8. The Labute approximate surface area is 229 Å². The molecule has 1 atom stereocenters. The minimum Gasteiger partial charge on any atom is -0.497 e. The molecule has 1 aliphatic carbocycles. The standard InChI is InChI=1S/C30H43NO5.ClH/c1-5-31(26-15-12-24-21-27(33-2)16-13-23(24)20-26)18-10-8-6-7-9-11-19-36-30(32)25-14-17-28(34-3)29(22-25)35-4;/h13-14,16-17,21-22,26H,5-12,15,18-20H2,1-4H3;1H. The summed E-state index contributed by atoms with van der Waals surface area (Å²) in [6.07, 6.45) is 10.4. The topological polar surface area (TPSA) is 57.2 Å². The van der Waals surface area contributed by atoms with Crippen LogP contribution in [0.2, 0.25) is 0 Å². The van der Waals surface area contributed by atoms with E-state index in [2.05, 4.69) is 30.0 Å². The molecule has 0 aromatic heterocycles. The molecule has 0 saturated heterocycles. The molecular formula is C30H44ClNO5. The van der Waals surface area contributed by atoms with E-state index in [-0.39, 0.29) is 18.4 Å². The number of aryl methyl sites for hydroxylation is 1. The Morgan fingerprint density at radius 3 is 2.30 bits per heavy atom. The summed E-state index contributed by atoms with van der Waals surface area (Å²) in [6.45, 7) is 5.02. The first-order valence-corrected chi connectivity index (χ1v) is 13.4. The number of ether oxygens (including phenoxy) is 4. The van der Waals surface area contributed by atoms with Crippen molar-refractivity contribution in [2.75, 3.05) is 41.0 Å². The van der Waals surface area contributed by atoms with E-state index in [1.54, 1.807) is 39.5 Å². The van der Waals surface area contributed by atoms with Gasteiger partial charge in [-0.15, -0.1) is 12.4 Å². The quantitative estimate of drug-likeness (QED) is 0.192. The summed E-state index contributed by atoms with van der Waals surface area (Å²) in [5, 5.41) is 0. The fourth-order valence-corrected chi connectivity index (χ4v) is 5.09. The van der Waals surface area contributed by atoms with Gasteiger partial charge in [-0.05, 0) is 86.7 Å². The number of methoxy groups -OCH3 is 3. The molecule has 2 aromatic carbocycles. The SMILES string of the molecule is CCN(CCCCCCCCOC(=O)c1ccc(OC)c(OC)c1)C1CCc2cc(OC)ccc2C1.Cl. The monoisotopic (exact) mass is 533 g/mol. The van der Waals surface area contributed by atoms with Gasteiger partial charge in [0.2, 0.25) is 0 Å². The number of hydrogen-bond donors (Lipinski definition) is 0. The molecular weight excluding hydrogens is 490 g/mol. The lowest BCUT2D eigenvalue weighted by molar-refractivity contribution is 0.0497. The third-order valence-corrected chi connectivity index (χ3v) is 7.23. The second kappa shape index (κ2) is 16.4. The van der Waals surface area contributed by atoms with Crippen molar-refractivity contribution >= 4 is 18.4 Å². The van der Waals surface area contributed by atoms with Gasteiger partial charge in [0, 0.05) is 6.04 Å². The third kappa shape index (κ3) is 9.11. The molecule has 0 radical (unpaired) electrons. The molecule has 2 aromatic rings. The number of nitrogens with zero attached hydrogens (tertiary/aromatic N) is 1. The van der Waals surface area contributed by atoms with Crippen LogP contribution in [0.1, 0.15) is 73.4 Å². The number of carbonyl (C=O) groups excluding carboxylic acids is 1. The summed E-state index contributed by atoms with van der Waals surface area (Å²) in [6, 6.07) is 12.3. The molecule has 6 nitrogen and oxygen atoms in total. The molecule has 0 bridgehead atoms. The molecule has 0 N–H and O–H groups in total. The van der Waals surface area contributed by atoms with E-state index in [1.807, 2.05) is 0 Å². The first-order chi connectivity index (χ1) is 17.6. The van der Waals surface area contributed by atoms with Crippen LogP contribution < -0.4 is 14.2 Å². The van der Waals surface area contributed by atoms with Crippen LogP contribution in [0.5, 0.6) is 17.2 Å². The Bertz CT molecular complexity index is 967. The number of hydrogen-bond acceptors (Lipinski definition) is 6. The predicted molar refractivity (Wildman–Crippen MR) is 151 cm³/mol. The Kier molecular flexibility index (Phi) is 13.7. The molecule has 7 heteroatoms. The summed E-state index contributed by atoms with van der Waals surface area (Å²) in [5.41, 5.74) is 3.42. The van der Waals surface area contributed by atoms with E-state index in [4.69, 9.17) is 18.9 Å². The van der Waals surface area contributed by atoms with Gasteiger partial charge in [0.05, 0.1) is 33.5 Å². The van der Waals surface area contributed by atoms with Crippen LogP contribution in [0.4, 0.5) is 0 Å². The van der Waals surface area contributed by atoms with E-state index >= 15 is 0 Å². The molecule has 3 rings (SSSR count). The van der Waals surface area contributed by atoms with Crippen LogP contribution >= 0.6 is 12.4 Å². The van der Waals surface area contributed by atoms with Crippen LogP contribution in [0.15, 0.2) is 36.4 Å². The maximum atomic E-state index is 12.3. The lowest BCUT2D eigenvalue weighted by atomic mass is 9.87. The number of benzene rings is 2. The summed E-state index contributed by atoms with van der Waals surface area (Å²) in [4.78, 5) is 14.9. The molecule has 0 saturated carbocycles. The summed E-state index contributed by atoms with van der Waals surface area (Å²) in [5.74, 6) is 1.78. The van der Waals surface area contributed by atoms with Gasteiger partial charge < -0.3 is 23.8 Å². The summed E-state index contributed by atoms with van der Waals surface area (Å²) >= 11 is 0. The van der Waals surface area contributed by atoms with Gasteiger partial charge in [0.25, 0.3) is 0 Å². The molecule has 0 aliphatic heterocycles. The molecule has 0 heterocycles. The highest BCUT2D eigenvalue weighted by Gasteiger charge is 2.23. The largest absolute Gasteiger partial charge is 0.497 e. The van der Waals surface area contributed by atoms with Crippen LogP contribution in [0.3, 0.4) is 0 Å². The first-order valence-electron chi connectivity index (χ1n) is 13.4. The van der Waals surface area contributed by atoms with E-state index in [0.717, 1.165) is 38.0 Å². The van der Waals surface area contributed by atoms with Gasteiger partial charge in [-0.1, -0.05) is 38.7 Å². The Morgan fingerprint density at radius 1 is 0.865 bits per heavy atom. The highest BCUT2D eigenvalue weighted by molar-refractivity contribution is 5.90. The van der Waals surface area contributed by atoms with Crippen molar-refractivity contribution in [1.29, 1.82) is 0 Å². The van der Waals surface area contributed by atoms with Crippen molar-refractivity contribution in [1.82, 2.24) is 4.90 Å². The van der Waals surface area contributed by atoms with Crippen molar-refractivity contribution in [2.24, 2.45) is 0 Å². The molecule has 0 fully saturated rings. The number of carbonyl (C=O) groups is 1. The van der Waals surface area contributed by atoms with Crippen molar-refractivity contribution in [2.45, 2.75) is 70.8 Å². The highest BCUT2D eigenvalue weighted by Crippen LogP contribution is 2.29. The van der Waals surface area contributed by atoms with E-state index in [9.17, 15) is 4.79 Å². The lowest BCUT2D eigenvalue weighted by Crippen LogP contribution is -2.39. The minimum atomic E-state index is -0.319.